The van der Waals surface area contributed by atoms with Gasteiger partial charge in [-0.1, -0.05) is 24.3 Å². The molecule has 1 unspecified atom stereocenters. The number of aliphatic hydroxyl groups excluding tert-OH is 1. The molecule has 1 atom stereocenters. The standard InChI is InChI=1S/C20H13N3O2/c21-9-13-5-6-16(20(24)15-10-22-12-23-11-15)17(7-13)19-8-14-3-1-2-4-18(14)25-19/h1-8,10-12,20,24H. The molecule has 1 N–H and O–H groups in total. The van der Waals surface area contributed by atoms with Crippen molar-refractivity contribution < 1.29 is 9.52 Å². The van der Waals surface area contributed by atoms with Crippen LogP contribution in [0.3, 0.4) is 0 Å². The molecule has 0 aliphatic heterocycles. The number of benzene rings is 2. The van der Waals surface area contributed by atoms with Crippen molar-refractivity contribution in [2.75, 3.05) is 0 Å². The van der Waals surface area contributed by atoms with Crippen molar-refractivity contribution in [3.05, 3.63) is 83.9 Å². The third-order valence-electron chi connectivity index (χ3n) is 4.06. The van der Waals surface area contributed by atoms with Crippen molar-refractivity contribution in [2.24, 2.45) is 0 Å². The van der Waals surface area contributed by atoms with Gasteiger partial charge in [-0.2, -0.15) is 5.26 Å². The summed E-state index contributed by atoms with van der Waals surface area (Å²) in [5.41, 5.74) is 3.13. The van der Waals surface area contributed by atoms with Crippen LogP contribution in [0, 0.1) is 11.3 Å². The third kappa shape index (κ3) is 2.75. The summed E-state index contributed by atoms with van der Waals surface area (Å²) in [6.07, 6.45) is 3.63. The van der Waals surface area contributed by atoms with Gasteiger partial charge in [0.05, 0.1) is 11.6 Å². The summed E-state index contributed by atoms with van der Waals surface area (Å²) >= 11 is 0. The lowest BCUT2D eigenvalue weighted by Gasteiger charge is -2.14. The Balaban J connectivity index is 1.89. The topological polar surface area (TPSA) is 82.9 Å². The van der Waals surface area contributed by atoms with E-state index in [9.17, 15) is 10.4 Å². The largest absolute Gasteiger partial charge is 0.456 e. The van der Waals surface area contributed by atoms with Crippen LogP contribution in [0.2, 0.25) is 0 Å². The highest BCUT2D eigenvalue weighted by Crippen LogP contribution is 2.35. The molecule has 0 fully saturated rings. The molecule has 0 saturated heterocycles. The van der Waals surface area contributed by atoms with Crippen molar-refractivity contribution in [1.29, 1.82) is 5.26 Å². The first kappa shape index (κ1) is 15.1. The normalized spacial score (nSPS) is 12.0. The Morgan fingerprint density at radius 3 is 2.60 bits per heavy atom. The van der Waals surface area contributed by atoms with Gasteiger partial charge in [-0.05, 0) is 29.8 Å². The zero-order chi connectivity index (χ0) is 17.2. The van der Waals surface area contributed by atoms with Gasteiger partial charge in [0.25, 0.3) is 0 Å². The lowest BCUT2D eigenvalue weighted by molar-refractivity contribution is 0.219. The Hall–Kier alpha value is -3.49. The minimum absolute atomic E-state index is 0.496. The van der Waals surface area contributed by atoms with Crippen LogP contribution in [0.15, 0.2) is 71.7 Å². The summed E-state index contributed by atoms with van der Waals surface area (Å²) < 4.78 is 5.93. The Morgan fingerprint density at radius 2 is 1.84 bits per heavy atom. The number of para-hydroxylation sites is 1. The SMILES string of the molecule is N#Cc1ccc(C(O)c2cncnc2)c(-c2cc3ccccc3o2)c1. The molecule has 2 heterocycles. The van der Waals surface area contributed by atoms with Crippen molar-refractivity contribution >= 4 is 11.0 Å². The third-order valence-corrected chi connectivity index (χ3v) is 4.06. The second-order valence-electron chi connectivity index (χ2n) is 5.64. The molecule has 2 aromatic carbocycles. The summed E-state index contributed by atoms with van der Waals surface area (Å²) in [5, 5.41) is 21.0. The van der Waals surface area contributed by atoms with E-state index in [0.29, 0.717) is 28.0 Å². The maximum absolute atomic E-state index is 10.8. The van der Waals surface area contributed by atoms with Crippen molar-refractivity contribution in [3.63, 3.8) is 0 Å². The number of fused-ring (bicyclic) bond motifs is 1. The molecular weight excluding hydrogens is 314 g/mol. The summed E-state index contributed by atoms with van der Waals surface area (Å²) in [7, 11) is 0. The second kappa shape index (κ2) is 6.19. The fourth-order valence-corrected chi connectivity index (χ4v) is 2.82. The molecule has 0 radical (unpaired) electrons. The van der Waals surface area contributed by atoms with E-state index < -0.39 is 6.10 Å². The van der Waals surface area contributed by atoms with E-state index in [1.165, 1.54) is 6.33 Å². The molecule has 0 aliphatic carbocycles. The average molecular weight is 327 g/mol. The number of rotatable bonds is 3. The van der Waals surface area contributed by atoms with Crippen LogP contribution < -0.4 is 0 Å². The first-order chi connectivity index (χ1) is 12.3. The number of aromatic nitrogens is 2. The Morgan fingerprint density at radius 1 is 1.04 bits per heavy atom. The van der Waals surface area contributed by atoms with Gasteiger partial charge in [-0.3, -0.25) is 0 Å². The van der Waals surface area contributed by atoms with E-state index in [0.717, 1.165) is 11.0 Å². The molecule has 4 rings (SSSR count). The van der Waals surface area contributed by atoms with Crippen LogP contribution in [0.4, 0.5) is 0 Å². The maximum atomic E-state index is 10.8. The van der Waals surface area contributed by atoms with Gasteiger partial charge in [-0.15, -0.1) is 0 Å². The highest BCUT2D eigenvalue weighted by Gasteiger charge is 2.19. The molecule has 0 aliphatic rings. The molecule has 0 saturated carbocycles. The molecule has 120 valence electrons. The molecular formula is C20H13N3O2. The zero-order valence-corrected chi connectivity index (χ0v) is 13.1. The van der Waals surface area contributed by atoms with Crippen molar-refractivity contribution in [2.45, 2.75) is 6.10 Å². The quantitative estimate of drug-likeness (QED) is 0.618. The van der Waals surface area contributed by atoms with Crippen LogP contribution in [0.1, 0.15) is 22.8 Å². The van der Waals surface area contributed by atoms with Gasteiger partial charge in [0.1, 0.15) is 23.8 Å². The molecule has 0 bridgehead atoms. The first-order valence-corrected chi connectivity index (χ1v) is 7.72. The van der Waals surface area contributed by atoms with Gasteiger partial charge in [0.15, 0.2) is 0 Å². The number of hydrogen-bond acceptors (Lipinski definition) is 5. The number of nitriles is 1. The highest BCUT2D eigenvalue weighted by molar-refractivity contribution is 5.83. The minimum atomic E-state index is -0.919. The molecule has 5 nitrogen and oxygen atoms in total. The molecule has 4 aromatic rings. The smallest absolute Gasteiger partial charge is 0.135 e. The number of aliphatic hydroxyl groups is 1. The summed E-state index contributed by atoms with van der Waals surface area (Å²) in [6.45, 7) is 0. The van der Waals surface area contributed by atoms with Crippen molar-refractivity contribution in [1.82, 2.24) is 9.97 Å². The molecule has 2 aromatic heterocycles. The van der Waals surface area contributed by atoms with Gasteiger partial charge in [-0.25, -0.2) is 9.97 Å². The molecule has 0 spiro atoms. The highest BCUT2D eigenvalue weighted by atomic mass is 16.3. The van der Waals surface area contributed by atoms with Crippen LogP contribution in [-0.2, 0) is 0 Å². The molecule has 25 heavy (non-hydrogen) atoms. The summed E-state index contributed by atoms with van der Waals surface area (Å²) in [6, 6.07) is 16.8. The van der Waals surface area contributed by atoms with E-state index in [1.807, 2.05) is 30.3 Å². The fraction of sp³-hybridized carbons (Fsp3) is 0.0500. The predicted octanol–water partition coefficient (Wildman–Crippen LogP) is 3.84. The van der Waals surface area contributed by atoms with Gasteiger partial charge < -0.3 is 9.52 Å². The van der Waals surface area contributed by atoms with Crippen LogP contribution >= 0.6 is 0 Å². The Kier molecular flexibility index (Phi) is 3.73. The Bertz CT molecular complexity index is 1050. The monoisotopic (exact) mass is 327 g/mol. The first-order valence-electron chi connectivity index (χ1n) is 7.72. The van der Waals surface area contributed by atoms with Gasteiger partial charge >= 0.3 is 0 Å². The van der Waals surface area contributed by atoms with E-state index in [2.05, 4.69) is 16.0 Å². The van der Waals surface area contributed by atoms with Gasteiger partial charge in [0.2, 0.25) is 0 Å². The number of furan rings is 1. The Labute approximate surface area is 143 Å². The molecule has 0 amide bonds. The lowest BCUT2D eigenvalue weighted by Crippen LogP contribution is -2.03. The van der Waals surface area contributed by atoms with E-state index in [1.54, 1.807) is 30.6 Å². The fourth-order valence-electron chi connectivity index (χ4n) is 2.82. The maximum Gasteiger partial charge on any atom is 0.135 e. The summed E-state index contributed by atoms with van der Waals surface area (Å²) in [5.74, 6) is 0.601. The minimum Gasteiger partial charge on any atom is -0.456 e. The average Bonchev–Trinajstić information content (AvgIpc) is 3.11. The van der Waals surface area contributed by atoms with Crippen molar-refractivity contribution in [3.8, 4) is 17.4 Å². The number of hydrogen-bond donors (Lipinski definition) is 1. The van der Waals surface area contributed by atoms with E-state index in [4.69, 9.17) is 4.42 Å². The van der Waals surface area contributed by atoms with E-state index in [-0.39, 0.29) is 0 Å². The molecule has 5 heteroatoms. The lowest BCUT2D eigenvalue weighted by atomic mass is 9.95. The van der Waals surface area contributed by atoms with Crippen LogP contribution in [0.5, 0.6) is 0 Å². The van der Waals surface area contributed by atoms with Crippen LogP contribution in [0.25, 0.3) is 22.3 Å². The predicted molar refractivity (Wildman–Crippen MR) is 92.5 cm³/mol. The number of nitrogens with zero attached hydrogens (tertiary/aromatic N) is 3. The second-order valence-corrected chi connectivity index (χ2v) is 5.64. The van der Waals surface area contributed by atoms with Crippen LogP contribution in [-0.4, -0.2) is 15.1 Å². The van der Waals surface area contributed by atoms with Gasteiger partial charge in [0, 0.05) is 28.9 Å². The summed E-state index contributed by atoms with van der Waals surface area (Å²) in [4.78, 5) is 7.91. The van der Waals surface area contributed by atoms with E-state index >= 15 is 0 Å². The zero-order valence-electron chi connectivity index (χ0n) is 13.1.